The highest BCUT2D eigenvalue weighted by molar-refractivity contribution is 14.0. The van der Waals surface area contributed by atoms with Crippen molar-refractivity contribution in [1.29, 1.82) is 0 Å². The van der Waals surface area contributed by atoms with Gasteiger partial charge in [0, 0.05) is 38.8 Å². The fourth-order valence-electron chi connectivity index (χ4n) is 2.73. The van der Waals surface area contributed by atoms with Crippen LogP contribution >= 0.6 is 24.0 Å². The monoisotopic (exact) mass is 510 g/mol. The summed E-state index contributed by atoms with van der Waals surface area (Å²) in [4.78, 5) is 18.8. The van der Waals surface area contributed by atoms with Gasteiger partial charge in [0.05, 0.1) is 0 Å². The number of benzene rings is 2. The van der Waals surface area contributed by atoms with Gasteiger partial charge < -0.3 is 20.6 Å². The SMILES string of the molecule is CCNC(=NCCCNC(=O)c1cccc(O)c1)N(C)Cc1ccc(C)cc1.I. The number of aromatic hydroxyl groups is 1. The van der Waals surface area contributed by atoms with Crippen molar-refractivity contribution < 1.29 is 9.90 Å². The molecular formula is C22H31IN4O2. The number of nitrogens with one attached hydrogen (secondary N) is 2. The lowest BCUT2D eigenvalue weighted by Gasteiger charge is -2.22. The lowest BCUT2D eigenvalue weighted by Crippen LogP contribution is -2.38. The number of hydrogen-bond acceptors (Lipinski definition) is 3. The second kappa shape index (κ2) is 13.0. The first-order valence-electron chi connectivity index (χ1n) is 9.62. The van der Waals surface area contributed by atoms with Crippen molar-refractivity contribution in [1.82, 2.24) is 15.5 Å². The maximum atomic E-state index is 12.1. The van der Waals surface area contributed by atoms with Gasteiger partial charge in [0.25, 0.3) is 5.91 Å². The van der Waals surface area contributed by atoms with Gasteiger partial charge in [0.2, 0.25) is 0 Å². The summed E-state index contributed by atoms with van der Waals surface area (Å²) in [7, 11) is 2.02. The molecule has 2 rings (SSSR count). The lowest BCUT2D eigenvalue weighted by atomic mass is 10.1. The van der Waals surface area contributed by atoms with Crippen LogP contribution in [-0.2, 0) is 6.54 Å². The summed E-state index contributed by atoms with van der Waals surface area (Å²) in [6.45, 7) is 6.84. The molecule has 2 aromatic carbocycles. The number of rotatable bonds is 8. The van der Waals surface area contributed by atoms with Crippen LogP contribution in [0.15, 0.2) is 53.5 Å². The molecule has 0 saturated carbocycles. The van der Waals surface area contributed by atoms with Crippen molar-refractivity contribution in [3.05, 3.63) is 65.2 Å². The molecule has 0 atom stereocenters. The number of carbonyl (C=O) groups is 1. The smallest absolute Gasteiger partial charge is 0.251 e. The predicted octanol–water partition coefficient (Wildman–Crippen LogP) is 3.54. The fraction of sp³-hybridized carbons (Fsp3) is 0.364. The molecule has 29 heavy (non-hydrogen) atoms. The standard InChI is InChI=1S/C22H30N4O2.HI/c1-4-23-22(26(3)16-18-11-9-17(2)10-12-18)25-14-6-13-24-21(28)19-7-5-8-20(27)15-19;/h5,7-12,15,27H,4,6,13-14,16H2,1-3H3,(H,23,25)(H,24,28);1H. The number of phenolic OH excluding ortho intramolecular Hbond substituents is 1. The minimum absolute atomic E-state index is 0. The normalized spacial score (nSPS) is 10.8. The number of hydrogen-bond donors (Lipinski definition) is 3. The minimum atomic E-state index is -0.191. The van der Waals surface area contributed by atoms with Gasteiger partial charge >= 0.3 is 0 Å². The van der Waals surface area contributed by atoms with E-state index in [1.54, 1.807) is 18.2 Å². The number of nitrogens with zero attached hydrogens (tertiary/aromatic N) is 2. The molecule has 0 aromatic heterocycles. The van der Waals surface area contributed by atoms with E-state index in [-0.39, 0.29) is 35.6 Å². The zero-order valence-corrected chi connectivity index (χ0v) is 19.6. The molecule has 158 valence electrons. The van der Waals surface area contributed by atoms with E-state index < -0.39 is 0 Å². The highest BCUT2D eigenvalue weighted by Crippen LogP contribution is 2.10. The van der Waals surface area contributed by atoms with Crippen molar-refractivity contribution in [2.75, 3.05) is 26.7 Å². The van der Waals surface area contributed by atoms with Gasteiger partial charge in [-0.1, -0.05) is 35.9 Å². The Labute approximate surface area is 190 Å². The highest BCUT2D eigenvalue weighted by Gasteiger charge is 2.07. The first-order chi connectivity index (χ1) is 13.5. The second-order valence-electron chi connectivity index (χ2n) is 6.74. The molecule has 0 aliphatic rings. The van der Waals surface area contributed by atoms with Gasteiger partial charge in [-0.05, 0) is 44.0 Å². The van der Waals surface area contributed by atoms with Gasteiger partial charge in [0.1, 0.15) is 5.75 Å². The van der Waals surface area contributed by atoms with Gasteiger partial charge in [-0.25, -0.2) is 0 Å². The van der Waals surface area contributed by atoms with E-state index in [1.165, 1.54) is 17.2 Å². The third kappa shape index (κ3) is 8.72. The molecule has 7 heteroatoms. The number of carbonyl (C=O) groups excluding carboxylic acids is 1. The molecule has 0 spiro atoms. The summed E-state index contributed by atoms with van der Waals surface area (Å²) in [6, 6.07) is 14.8. The molecule has 0 aliphatic heterocycles. The molecule has 0 bridgehead atoms. The molecule has 0 fully saturated rings. The van der Waals surface area contributed by atoms with Crippen LogP contribution in [-0.4, -0.2) is 48.6 Å². The van der Waals surface area contributed by atoms with Gasteiger partial charge in [0.15, 0.2) is 5.96 Å². The number of halogens is 1. The van der Waals surface area contributed by atoms with Crippen molar-refractivity contribution in [2.45, 2.75) is 26.8 Å². The van der Waals surface area contributed by atoms with E-state index in [4.69, 9.17) is 0 Å². The Morgan fingerprint density at radius 3 is 2.52 bits per heavy atom. The van der Waals surface area contributed by atoms with Gasteiger partial charge in [-0.2, -0.15) is 0 Å². The Balaban J connectivity index is 0.00000420. The summed E-state index contributed by atoms with van der Waals surface area (Å²) < 4.78 is 0. The van der Waals surface area contributed by atoms with E-state index in [0.29, 0.717) is 18.7 Å². The van der Waals surface area contributed by atoms with Crippen LogP contribution in [0, 0.1) is 6.92 Å². The molecule has 2 aromatic rings. The van der Waals surface area contributed by atoms with Crippen molar-refractivity contribution in [3.63, 3.8) is 0 Å². The number of amides is 1. The predicted molar refractivity (Wildman–Crippen MR) is 129 cm³/mol. The Bertz CT molecular complexity index is 794. The first kappa shape index (κ1) is 24.7. The molecule has 1 amide bonds. The topological polar surface area (TPSA) is 77.0 Å². The van der Waals surface area contributed by atoms with Crippen molar-refractivity contribution >= 4 is 35.8 Å². The summed E-state index contributed by atoms with van der Waals surface area (Å²) in [5.41, 5.74) is 2.94. The molecular weight excluding hydrogens is 479 g/mol. The average Bonchev–Trinajstić information content (AvgIpc) is 2.68. The number of guanidine groups is 1. The Morgan fingerprint density at radius 1 is 1.14 bits per heavy atom. The zero-order valence-electron chi connectivity index (χ0n) is 17.3. The Morgan fingerprint density at radius 2 is 1.86 bits per heavy atom. The maximum absolute atomic E-state index is 12.1. The van der Waals surface area contributed by atoms with E-state index in [1.807, 2.05) is 14.0 Å². The second-order valence-corrected chi connectivity index (χ2v) is 6.74. The molecule has 6 nitrogen and oxygen atoms in total. The number of aliphatic imine (C=N–C) groups is 1. The highest BCUT2D eigenvalue weighted by atomic mass is 127. The molecule has 0 heterocycles. The Hall–Kier alpha value is -2.29. The summed E-state index contributed by atoms with van der Waals surface area (Å²) in [5.74, 6) is 0.745. The number of aryl methyl sites for hydroxylation is 1. The van der Waals surface area contributed by atoms with Crippen LogP contribution in [0.5, 0.6) is 5.75 Å². The molecule has 0 saturated heterocycles. The largest absolute Gasteiger partial charge is 0.508 e. The minimum Gasteiger partial charge on any atom is -0.508 e. The van der Waals surface area contributed by atoms with Crippen LogP contribution in [0.2, 0.25) is 0 Å². The van der Waals surface area contributed by atoms with E-state index in [2.05, 4.69) is 51.7 Å². The third-order valence-electron chi connectivity index (χ3n) is 4.23. The van der Waals surface area contributed by atoms with Crippen LogP contribution < -0.4 is 10.6 Å². The van der Waals surface area contributed by atoms with E-state index >= 15 is 0 Å². The molecule has 0 radical (unpaired) electrons. The summed E-state index contributed by atoms with van der Waals surface area (Å²) >= 11 is 0. The van der Waals surface area contributed by atoms with E-state index in [9.17, 15) is 9.90 Å². The quantitative estimate of drug-likeness (QED) is 0.220. The lowest BCUT2D eigenvalue weighted by molar-refractivity contribution is 0.0953. The Kier molecular flexibility index (Phi) is 11.1. The fourth-order valence-corrected chi connectivity index (χ4v) is 2.73. The first-order valence-corrected chi connectivity index (χ1v) is 9.62. The average molecular weight is 510 g/mol. The van der Waals surface area contributed by atoms with Crippen LogP contribution in [0.4, 0.5) is 0 Å². The van der Waals surface area contributed by atoms with Crippen LogP contribution in [0.1, 0.15) is 34.8 Å². The van der Waals surface area contributed by atoms with Crippen molar-refractivity contribution in [2.24, 2.45) is 4.99 Å². The summed E-state index contributed by atoms with van der Waals surface area (Å²) in [6.07, 6.45) is 0.734. The van der Waals surface area contributed by atoms with Crippen LogP contribution in [0.3, 0.4) is 0 Å². The summed E-state index contributed by atoms with van der Waals surface area (Å²) in [5, 5.41) is 15.6. The third-order valence-corrected chi connectivity index (χ3v) is 4.23. The maximum Gasteiger partial charge on any atom is 0.251 e. The molecule has 0 unspecified atom stereocenters. The van der Waals surface area contributed by atoms with Gasteiger partial charge in [-0.15, -0.1) is 24.0 Å². The van der Waals surface area contributed by atoms with Crippen LogP contribution in [0.25, 0.3) is 0 Å². The van der Waals surface area contributed by atoms with Gasteiger partial charge in [-0.3, -0.25) is 9.79 Å². The van der Waals surface area contributed by atoms with Crippen molar-refractivity contribution in [3.8, 4) is 5.75 Å². The zero-order chi connectivity index (χ0) is 20.4. The number of phenols is 1. The van der Waals surface area contributed by atoms with E-state index in [0.717, 1.165) is 25.5 Å². The molecule has 3 N–H and O–H groups in total. The molecule has 0 aliphatic carbocycles.